The maximum atomic E-state index is 11.4. The summed E-state index contributed by atoms with van der Waals surface area (Å²) in [7, 11) is 0. The van der Waals surface area contributed by atoms with E-state index in [4.69, 9.17) is 10.8 Å². The number of hydrogen-bond donors (Lipinski definition) is 4. The molecule has 0 aliphatic rings. The molecule has 1 aromatic rings. The number of rotatable bonds is 7. The highest BCUT2D eigenvalue weighted by molar-refractivity contribution is 5.87. The van der Waals surface area contributed by atoms with Gasteiger partial charge in [-0.2, -0.15) is 0 Å². The zero-order valence-corrected chi connectivity index (χ0v) is 9.94. The minimum atomic E-state index is -1.34. The number of aliphatic carboxylic acids is 1. The van der Waals surface area contributed by atoms with Crippen molar-refractivity contribution in [1.82, 2.24) is 25.6 Å². The van der Waals surface area contributed by atoms with Crippen molar-refractivity contribution in [2.24, 2.45) is 5.73 Å². The summed E-state index contributed by atoms with van der Waals surface area (Å²) in [5.74, 6) is -2.14. The molecule has 0 aliphatic heterocycles. The number of nitrogens with zero attached hydrogens (tertiary/aromatic N) is 3. The van der Waals surface area contributed by atoms with Crippen LogP contribution in [0.5, 0.6) is 0 Å². The summed E-state index contributed by atoms with van der Waals surface area (Å²) in [4.78, 5) is 32.8. The van der Waals surface area contributed by atoms with Crippen molar-refractivity contribution < 1.29 is 19.5 Å². The molecule has 0 aromatic carbocycles. The van der Waals surface area contributed by atoms with E-state index in [-0.39, 0.29) is 6.54 Å². The van der Waals surface area contributed by atoms with Gasteiger partial charge in [-0.3, -0.25) is 9.48 Å². The Morgan fingerprint density at radius 2 is 2.16 bits per heavy atom. The van der Waals surface area contributed by atoms with Gasteiger partial charge in [-0.15, -0.1) is 5.10 Å². The molecule has 1 rings (SSSR count). The number of aromatic nitrogens is 3. The molecule has 1 aromatic heterocycles. The van der Waals surface area contributed by atoms with Crippen molar-refractivity contribution in [1.29, 1.82) is 0 Å². The summed E-state index contributed by atoms with van der Waals surface area (Å²) in [6, 6.07) is -2.04. The number of carboxylic acid groups (broad SMARTS) is 1. The van der Waals surface area contributed by atoms with Gasteiger partial charge in [0.1, 0.15) is 6.04 Å². The van der Waals surface area contributed by atoms with Gasteiger partial charge in [0.2, 0.25) is 5.91 Å². The SMILES string of the molecule is NC(=O)C[C@H](NC(=O)NCCn1ccnn1)C(=O)O. The Bertz CT molecular complexity index is 446. The highest BCUT2D eigenvalue weighted by Crippen LogP contribution is 1.91. The zero-order valence-electron chi connectivity index (χ0n) is 9.94. The number of primary amides is 1. The Morgan fingerprint density at radius 1 is 1.42 bits per heavy atom. The van der Waals surface area contributed by atoms with Crippen molar-refractivity contribution in [2.75, 3.05) is 6.54 Å². The molecule has 10 nitrogen and oxygen atoms in total. The molecule has 0 spiro atoms. The van der Waals surface area contributed by atoms with Crippen LogP contribution in [0.2, 0.25) is 0 Å². The van der Waals surface area contributed by atoms with Crippen molar-refractivity contribution >= 4 is 17.9 Å². The number of carboxylic acids is 1. The Labute approximate surface area is 107 Å². The zero-order chi connectivity index (χ0) is 14.3. The van der Waals surface area contributed by atoms with E-state index in [9.17, 15) is 14.4 Å². The average molecular weight is 270 g/mol. The first kappa shape index (κ1) is 14.4. The highest BCUT2D eigenvalue weighted by Gasteiger charge is 2.21. The Morgan fingerprint density at radius 3 is 2.68 bits per heavy atom. The van der Waals surface area contributed by atoms with Gasteiger partial charge in [0.15, 0.2) is 0 Å². The molecular weight excluding hydrogens is 256 g/mol. The van der Waals surface area contributed by atoms with Crippen LogP contribution in [-0.4, -0.2) is 50.6 Å². The fourth-order valence-corrected chi connectivity index (χ4v) is 1.25. The van der Waals surface area contributed by atoms with Crippen molar-refractivity contribution in [3.05, 3.63) is 12.4 Å². The van der Waals surface area contributed by atoms with Gasteiger partial charge in [0, 0.05) is 12.7 Å². The quantitative estimate of drug-likeness (QED) is 0.445. The third-order valence-electron chi connectivity index (χ3n) is 2.11. The van der Waals surface area contributed by atoms with Crippen LogP contribution in [0.4, 0.5) is 4.79 Å². The fourth-order valence-electron chi connectivity index (χ4n) is 1.25. The topological polar surface area (TPSA) is 152 Å². The number of carbonyl (C=O) groups excluding carboxylic acids is 2. The van der Waals surface area contributed by atoms with E-state index >= 15 is 0 Å². The molecule has 0 saturated carbocycles. The summed E-state index contributed by atoms with van der Waals surface area (Å²) in [5, 5.41) is 20.6. The predicted octanol–water partition coefficient (Wildman–Crippen LogP) is -2.09. The molecule has 1 atom stereocenters. The van der Waals surface area contributed by atoms with Gasteiger partial charge in [-0.05, 0) is 0 Å². The van der Waals surface area contributed by atoms with Gasteiger partial charge < -0.3 is 21.5 Å². The lowest BCUT2D eigenvalue weighted by Crippen LogP contribution is -2.48. The molecule has 1 heterocycles. The van der Waals surface area contributed by atoms with Gasteiger partial charge >= 0.3 is 12.0 Å². The minimum Gasteiger partial charge on any atom is -0.480 e. The maximum Gasteiger partial charge on any atom is 0.326 e. The first-order valence-electron chi connectivity index (χ1n) is 5.38. The number of amides is 3. The minimum absolute atomic E-state index is 0.234. The molecule has 0 radical (unpaired) electrons. The van der Waals surface area contributed by atoms with Crippen LogP contribution in [0.15, 0.2) is 12.4 Å². The van der Waals surface area contributed by atoms with Crippen molar-refractivity contribution in [3.8, 4) is 0 Å². The van der Waals surface area contributed by atoms with E-state index in [2.05, 4.69) is 20.9 Å². The normalized spacial score (nSPS) is 11.6. The average Bonchev–Trinajstić information content (AvgIpc) is 2.80. The van der Waals surface area contributed by atoms with E-state index in [1.165, 1.54) is 10.9 Å². The standard InChI is InChI=1S/C9H14N6O4/c10-7(16)5-6(8(17)18)13-9(19)11-1-3-15-4-2-12-14-15/h2,4,6H,1,3,5H2,(H2,10,16)(H,17,18)(H2,11,13,19)/t6-/m0/s1. The summed E-state index contributed by atoms with van der Waals surface area (Å²) < 4.78 is 1.50. The lowest BCUT2D eigenvalue weighted by atomic mass is 10.2. The Balaban J connectivity index is 2.32. The second kappa shape index (κ2) is 6.93. The van der Waals surface area contributed by atoms with E-state index in [1.807, 2.05) is 0 Å². The van der Waals surface area contributed by atoms with Crippen molar-refractivity contribution in [2.45, 2.75) is 19.0 Å². The third kappa shape index (κ3) is 5.48. The van der Waals surface area contributed by atoms with Crippen LogP contribution in [0.3, 0.4) is 0 Å². The predicted molar refractivity (Wildman–Crippen MR) is 61.8 cm³/mol. The Hall–Kier alpha value is -2.65. The number of nitrogens with two attached hydrogens (primary N) is 1. The van der Waals surface area contributed by atoms with Crippen LogP contribution < -0.4 is 16.4 Å². The first-order chi connectivity index (χ1) is 8.99. The molecule has 10 heteroatoms. The molecule has 0 fully saturated rings. The number of hydrogen-bond acceptors (Lipinski definition) is 5. The van der Waals surface area contributed by atoms with E-state index in [0.717, 1.165) is 0 Å². The van der Waals surface area contributed by atoms with Crippen LogP contribution in [0.1, 0.15) is 6.42 Å². The Kier molecular flexibility index (Phi) is 5.26. The molecule has 19 heavy (non-hydrogen) atoms. The number of urea groups is 1. The summed E-state index contributed by atoms with van der Waals surface area (Å²) >= 11 is 0. The van der Waals surface area contributed by atoms with Gasteiger partial charge in [0.25, 0.3) is 0 Å². The molecule has 0 saturated heterocycles. The van der Waals surface area contributed by atoms with Gasteiger partial charge in [0.05, 0.1) is 19.2 Å². The summed E-state index contributed by atoms with van der Waals surface area (Å²) in [6.07, 6.45) is 2.64. The molecule has 3 amide bonds. The molecule has 104 valence electrons. The molecule has 0 aliphatic carbocycles. The van der Waals surface area contributed by atoms with Gasteiger partial charge in [-0.1, -0.05) is 5.21 Å². The van der Waals surface area contributed by atoms with Crippen molar-refractivity contribution in [3.63, 3.8) is 0 Å². The molecule has 5 N–H and O–H groups in total. The summed E-state index contributed by atoms with van der Waals surface area (Å²) in [5.41, 5.74) is 4.88. The molecule has 0 bridgehead atoms. The van der Waals surface area contributed by atoms with Crippen LogP contribution >= 0.6 is 0 Å². The lowest BCUT2D eigenvalue weighted by molar-refractivity contribution is -0.140. The fraction of sp³-hybridized carbons (Fsp3) is 0.444. The van der Waals surface area contributed by atoms with Crippen LogP contribution in [0.25, 0.3) is 0 Å². The van der Waals surface area contributed by atoms with E-state index in [1.54, 1.807) is 6.20 Å². The monoisotopic (exact) mass is 270 g/mol. The van der Waals surface area contributed by atoms with E-state index in [0.29, 0.717) is 6.54 Å². The van der Waals surface area contributed by atoms with Crippen LogP contribution in [0, 0.1) is 0 Å². The summed E-state index contributed by atoms with van der Waals surface area (Å²) in [6.45, 7) is 0.624. The first-order valence-corrected chi connectivity index (χ1v) is 5.38. The molecular formula is C9H14N6O4. The molecule has 0 unspecified atom stereocenters. The van der Waals surface area contributed by atoms with E-state index < -0.39 is 30.4 Å². The number of carbonyl (C=O) groups is 3. The largest absolute Gasteiger partial charge is 0.480 e. The second-order valence-corrected chi connectivity index (χ2v) is 3.63. The highest BCUT2D eigenvalue weighted by atomic mass is 16.4. The van der Waals surface area contributed by atoms with Crippen LogP contribution in [-0.2, 0) is 16.1 Å². The smallest absolute Gasteiger partial charge is 0.326 e. The van der Waals surface area contributed by atoms with Gasteiger partial charge in [-0.25, -0.2) is 9.59 Å². The lowest BCUT2D eigenvalue weighted by Gasteiger charge is -2.13. The maximum absolute atomic E-state index is 11.4. The number of nitrogens with one attached hydrogen (secondary N) is 2. The third-order valence-corrected chi connectivity index (χ3v) is 2.11. The second-order valence-electron chi connectivity index (χ2n) is 3.63.